The Morgan fingerprint density at radius 3 is 1.91 bits per heavy atom. The van der Waals surface area contributed by atoms with Crippen LogP contribution >= 0.6 is 0 Å². The van der Waals surface area contributed by atoms with Gasteiger partial charge in [0.25, 0.3) is 0 Å². The third kappa shape index (κ3) is 0.714. The third-order valence-electron chi connectivity index (χ3n) is 2.50. The fourth-order valence-electron chi connectivity index (χ4n) is 1.98. The average Bonchev–Trinajstić information content (AvgIpc) is 2.60. The Hall–Kier alpha value is -1.22. The summed E-state index contributed by atoms with van der Waals surface area (Å²) in [5, 5.41) is 0. The van der Waals surface area contributed by atoms with E-state index in [0.717, 1.165) is 0 Å². The Kier molecular flexibility index (Phi) is 1.26. The average molecular weight is 142 g/mol. The van der Waals surface area contributed by atoms with Crippen molar-refractivity contribution < 1.29 is 0 Å². The van der Waals surface area contributed by atoms with Gasteiger partial charge in [0.1, 0.15) is 0 Å². The van der Waals surface area contributed by atoms with E-state index in [-0.39, 0.29) is 0 Å². The quantitative estimate of drug-likeness (QED) is 0.360. The van der Waals surface area contributed by atoms with E-state index in [1.54, 1.807) is 0 Å². The van der Waals surface area contributed by atoms with Crippen molar-refractivity contribution in [3.8, 4) is 0 Å². The normalized spacial score (nSPS) is 32.4. The van der Waals surface area contributed by atoms with Gasteiger partial charge in [-0.25, -0.2) is 0 Å². The first-order valence-electron chi connectivity index (χ1n) is 3.85. The standard InChI is InChI=1S/C11H10/c1-3-10-8-5-6-9(7-8)11(10)4-2/h5-6,8-9H,1-2,7H2. The molecule has 0 aliphatic heterocycles. The molecule has 0 spiro atoms. The predicted molar refractivity (Wildman–Crippen MR) is 46.0 cm³/mol. The number of rotatable bonds is 0. The van der Waals surface area contributed by atoms with Crippen LogP contribution in [0.5, 0.6) is 0 Å². The van der Waals surface area contributed by atoms with Crippen LogP contribution in [0, 0.1) is 11.8 Å². The lowest BCUT2D eigenvalue weighted by Gasteiger charge is -2.06. The van der Waals surface area contributed by atoms with Crippen LogP contribution in [0.25, 0.3) is 0 Å². The highest BCUT2D eigenvalue weighted by Gasteiger charge is 2.35. The summed E-state index contributed by atoms with van der Waals surface area (Å²) >= 11 is 0. The second-order valence-electron chi connectivity index (χ2n) is 3.01. The monoisotopic (exact) mass is 142 g/mol. The molecular formula is C11H10. The summed E-state index contributed by atoms with van der Waals surface area (Å²) in [6.45, 7) is 7.35. The predicted octanol–water partition coefficient (Wildman–Crippen LogP) is 2.61. The Morgan fingerprint density at radius 2 is 1.55 bits per heavy atom. The summed E-state index contributed by atoms with van der Waals surface area (Å²) in [6, 6.07) is 0. The maximum atomic E-state index is 3.68. The first-order valence-corrected chi connectivity index (χ1v) is 3.85. The van der Waals surface area contributed by atoms with Gasteiger partial charge in [-0.3, -0.25) is 0 Å². The molecule has 0 aromatic rings. The molecule has 0 heterocycles. The lowest BCUT2D eigenvalue weighted by molar-refractivity contribution is 0.736. The van der Waals surface area contributed by atoms with E-state index >= 15 is 0 Å². The van der Waals surface area contributed by atoms with Crippen LogP contribution in [0.15, 0.2) is 47.9 Å². The Morgan fingerprint density at radius 1 is 1.09 bits per heavy atom. The van der Waals surface area contributed by atoms with Crippen LogP contribution < -0.4 is 0 Å². The first-order chi connectivity index (χ1) is 5.36. The lowest BCUT2D eigenvalue weighted by Crippen LogP contribution is -1.94. The molecule has 2 bridgehead atoms. The van der Waals surface area contributed by atoms with Crippen molar-refractivity contribution in [1.29, 1.82) is 0 Å². The third-order valence-corrected chi connectivity index (χ3v) is 2.50. The first kappa shape index (κ1) is 6.49. The smallest absolute Gasteiger partial charge is 0.0117 e. The molecule has 0 aromatic carbocycles. The van der Waals surface area contributed by atoms with Crippen molar-refractivity contribution >= 4 is 0 Å². The molecule has 54 valence electrons. The Bertz CT molecular complexity index is 286. The van der Waals surface area contributed by atoms with E-state index in [4.69, 9.17) is 0 Å². The van der Waals surface area contributed by atoms with Crippen molar-refractivity contribution in [2.75, 3.05) is 0 Å². The van der Waals surface area contributed by atoms with Gasteiger partial charge in [0.05, 0.1) is 0 Å². The highest BCUT2D eigenvalue weighted by Crippen LogP contribution is 2.45. The van der Waals surface area contributed by atoms with Crippen molar-refractivity contribution in [2.45, 2.75) is 6.42 Å². The zero-order valence-corrected chi connectivity index (χ0v) is 6.43. The molecule has 0 heteroatoms. The van der Waals surface area contributed by atoms with E-state index < -0.39 is 0 Å². The highest BCUT2D eigenvalue weighted by atomic mass is 14.4. The summed E-state index contributed by atoms with van der Waals surface area (Å²) in [4.78, 5) is 0. The van der Waals surface area contributed by atoms with Crippen LogP contribution in [0.1, 0.15) is 6.42 Å². The van der Waals surface area contributed by atoms with Crippen LogP contribution in [0.3, 0.4) is 0 Å². The van der Waals surface area contributed by atoms with Gasteiger partial charge in [-0.1, -0.05) is 25.3 Å². The second-order valence-corrected chi connectivity index (χ2v) is 3.01. The summed E-state index contributed by atoms with van der Waals surface area (Å²) in [5.74, 6) is 1.11. The molecule has 0 radical (unpaired) electrons. The fraction of sp³-hybridized carbons (Fsp3) is 0.273. The molecular weight excluding hydrogens is 132 g/mol. The second kappa shape index (κ2) is 2.13. The van der Waals surface area contributed by atoms with Crippen LogP contribution in [0.2, 0.25) is 0 Å². The SMILES string of the molecule is C=C=C1C(=C=C)C2C=CC1C2. The van der Waals surface area contributed by atoms with Gasteiger partial charge in [0, 0.05) is 23.0 Å². The molecule has 0 saturated heterocycles. The van der Waals surface area contributed by atoms with Gasteiger partial charge >= 0.3 is 0 Å². The van der Waals surface area contributed by atoms with E-state index in [1.165, 1.54) is 17.6 Å². The molecule has 2 aliphatic carbocycles. The minimum atomic E-state index is 0.557. The summed E-state index contributed by atoms with van der Waals surface area (Å²) in [5.41, 5.74) is 8.38. The topological polar surface area (TPSA) is 0 Å². The molecule has 0 aromatic heterocycles. The highest BCUT2D eigenvalue weighted by molar-refractivity contribution is 5.46. The summed E-state index contributed by atoms with van der Waals surface area (Å²) in [6.07, 6.45) is 5.66. The minimum absolute atomic E-state index is 0.557. The van der Waals surface area contributed by atoms with Crippen molar-refractivity contribution in [3.63, 3.8) is 0 Å². The van der Waals surface area contributed by atoms with Crippen LogP contribution in [-0.4, -0.2) is 0 Å². The lowest BCUT2D eigenvalue weighted by atomic mass is 9.97. The molecule has 0 N–H and O–H groups in total. The zero-order valence-electron chi connectivity index (χ0n) is 6.43. The van der Waals surface area contributed by atoms with E-state index in [0.29, 0.717) is 11.8 Å². The molecule has 2 unspecified atom stereocenters. The number of allylic oxidation sites excluding steroid dienone is 4. The van der Waals surface area contributed by atoms with Gasteiger partial charge in [-0.2, -0.15) is 0 Å². The minimum Gasteiger partial charge on any atom is -0.124 e. The van der Waals surface area contributed by atoms with Crippen LogP contribution in [0.4, 0.5) is 0 Å². The maximum Gasteiger partial charge on any atom is 0.0117 e. The van der Waals surface area contributed by atoms with Crippen molar-refractivity contribution in [2.24, 2.45) is 11.8 Å². The molecule has 1 fully saturated rings. The Labute approximate surface area is 66.9 Å². The van der Waals surface area contributed by atoms with Gasteiger partial charge in [-0.05, 0) is 6.42 Å². The molecule has 0 amide bonds. The van der Waals surface area contributed by atoms with E-state index in [9.17, 15) is 0 Å². The van der Waals surface area contributed by atoms with Crippen molar-refractivity contribution in [1.82, 2.24) is 0 Å². The van der Waals surface area contributed by atoms with E-state index in [2.05, 4.69) is 36.8 Å². The number of hydrogen-bond donors (Lipinski definition) is 0. The zero-order chi connectivity index (χ0) is 7.84. The largest absolute Gasteiger partial charge is 0.124 e. The number of fused-ring (bicyclic) bond motifs is 2. The van der Waals surface area contributed by atoms with Gasteiger partial charge < -0.3 is 0 Å². The van der Waals surface area contributed by atoms with Gasteiger partial charge in [0.15, 0.2) is 0 Å². The summed E-state index contributed by atoms with van der Waals surface area (Å²) in [7, 11) is 0. The molecule has 2 aliphatic rings. The summed E-state index contributed by atoms with van der Waals surface area (Å²) < 4.78 is 0. The van der Waals surface area contributed by atoms with Gasteiger partial charge in [0.2, 0.25) is 0 Å². The molecule has 0 nitrogen and oxygen atoms in total. The number of hydrogen-bond acceptors (Lipinski definition) is 0. The molecule has 2 atom stereocenters. The van der Waals surface area contributed by atoms with Gasteiger partial charge in [-0.15, -0.1) is 11.5 Å². The van der Waals surface area contributed by atoms with E-state index in [1.807, 2.05) is 0 Å². The molecule has 2 rings (SSSR count). The fourth-order valence-corrected chi connectivity index (χ4v) is 1.98. The maximum absolute atomic E-state index is 3.68. The molecule has 11 heavy (non-hydrogen) atoms. The Balaban J connectivity index is 2.60. The van der Waals surface area contributed by atoms with Crippen LogP contribution in [-0.2, 0) is 0 Å². The van der Waals surface area contributed by atoms with Crippen molar-refractivity contribution in [3.05, 3.63) is 47.9 Å². The molecule has 1 saturated carbocycles.